The molecule has 1 aliphatic heterocycles. The Morgan fingerprint density at radius 2 is 2.16 bits per heavy atom. The van der Waals surface area contributed by atoms with Crippen LogP contribution in [0.4, 0.5) is 0 Å². The Kier molecular flexibility index (Phi) is 5.06. The molecule has 1 saturated heterocycles. The van der Waals surface area contributed by atoms with Crippen LogP contribution in [-0.4, -0.2) is 56.4 Å². The molecule has 1 unspecified atom stereocenters. The van der Waals surface area contributed by atoms with Crippen molar-refractivity contribution in [3.63, 3.8) is 0 Å². The van der Waals surface area contributed by atoms with Gasteiger partial charge < -0.3 is 14.3 Å². The number of carbonyl (C=O) groups is 2. The van der Waals surface area contributed by atoms with Crippen molar-refractivity contribution in [2.75, 3.05) is 19.6 Å². The summed E-state index contributed by atoms with van der Waals surface area (Å²) in [4.78, 5) is 36.4. The number of nitrogens with zero attached hydrogens (tertiary/aromatic N) is 5. The molecule has 1 atom stereocenters. The molecule has 3 rings (SSSR count). The number of aromatic nitrogens is 3. The van der Waals surface area contributed by atoms with Crippen LogP contribution in [0, 0.1) is 6.92 Å². The van der Waals surface area contributed by atoms with Gasteiger partial charge in [-0.05, 0) is 25.0 Å². The second-order valence-electron chi connectivity index (χ2n) is 6.12. The fourth-order valence-electron chi connectivity index (χ4n) is 3.05. The van der Waals surface area contributed by atoms with Crippen LogP contribution >= 0.6 is 0 Å². The van der Waals surface area contributed by atoms with E-state index in [9.17, 15) is 9.59 Å². The second kappa shape index (κ2) is 7.42. The van der Waals surface area contributed by atoms with Gasteiger partial charge in [-0.2, -0.15) is 4.98 Å². The molecule has 132 valence electrons. The molecule has 0 saturated carbocycles. The molecular formula is C17H21N5O3. The van der Waals surface area contributed by atoms with Gasteiger partial charge in [-0.25, -0.2) is 0 Å². The van der Waals surface area contributed by atoms with E-state index in [1.807, 2.05) is 12.1 Å². The van der Waals surface area contributed by atoms with Crippen LogP contribution in [0.1, 0.15) is 36.7 Å². The van der Waals surface area contributed by atoms with E-state index in [0.29, 0.717) is 44.2 Å². The van der Waals surface area contributed by atoms with Crippen LogP contribution < -0.4 is 0 Å². The fourth-order valence-corrected chi connectivity index (χ4v) is 3.05. The van der Waals surface area contributed by atoms with Crippen molar-refractivity contribution in [1.82, 2.24) is 24.9 Å². The first-order chi connectivity index (χ1) is 12.0. The molecule has 0 aliphatic carbocycles. The third-order valence-electron chi connectivity index (χ3n) is 4.32. The van der Waals surface area contributed by atoms with Crippen LogP contribution in [-0.2, 0) is 16.0 Å². The van der Waals surface area contributed by atoms with Crippen molar-refractivity contribution in [3.05, 3.63) is 41.8 Å². The van der Waals surface area contributed by atoms with E-state index in [-0.39, 0.29) is 17.9 Å². The zero-order chi connectivity index (χ0) is 17.8. The molecule has 8 nitrogen and oxygen atoms in total. The van der Waals surface area contributed by atoms with Gasteiger partial charge in [0.2, 0.25) is 17.7 Å². The highest BCUT2D eigenvalue weighted by molar-refractivity contribution is 5.79. The summed E-state index contributed by atoms with van der Waals surface area (Å²) in [6, 6.07) is 3.40. The van der Waals surface area contributed by atoms with Gasteiger partial charge in [0, 0.05) is 39.0 Å². The number of carbonyl (C=O) groups excluding carboxylic acids is 2. The molecule has 8 heteroatoms. The summed E-state index contributed by atoms with van der Waals surface area (Å²) >= 11 is 0. The molecule has 0 N–H and O–H groups in total. The van der Waals surface area contributed by atoms with Gasteiger partial charge in [-0.15, -0.1) is 0 Å². The number of aryl methyl sites for hydroxylation is 1. The molecule has 0 radical (unpaired) electrons. The lowest BCUT2D eigenvalue weighted by molar-refractivity contribution is -0.133. The number of rotatable bonds is 3. The maximum atomic E-state index is 12.6. The van der Waals surface area contributed by atoms with Crippen LogP contribution in [0.25, 0.3) is 0 Å². The maximum Gasteiger partial charge on any atom is 0.249 e. The molecule has 2 aromatic rings. The van der Waals surface area contributed by atoms with Gasteiger partial charge >= 0.3 is 0 Å². The normalized spacial score (nSPS) is 18.1. The fraction of sp³-hybridized carbons (Fsp3) is 0.471. The van der Waals surface area contributed by atoms with E-state index in [2.05, 4.69) is 15.1 Å². The molecular weight excluding hydrogens is 322 g/mol. The van der Waals surface area contributed by atoms with Crippen LogP contribution in [0.5, 0.6) is 0 Å². The predicted octanol–water partition coefficient (Wildman–Crippen LogP) is 1.14. The van der Waals surface area contributed by atoms with Crippen LogP contribution in [0.15, 0.2) is 29.0 Å². The first-order valence-electron chi connectivity index (χ1n) is 8.28. The minimum Gasteiger partial charge on any atom is -0.341 e. The highest BCUT2D eigenvalue weighted by Crippen LogP contribution is 2.26. The minimum atomic E-state index is -0.296. The Balaban J connectivity index is 1.72. The minimum absolute atomic E-state index is 0.0267. The largest absolute Gasteiger partial charge is 0.341 e. The van der Waals surface area contributed by atoms with Crippen LogP contribution in [0.2, 0.25) is 0 Å². The van der Waals surface area contributed by atoms with E-state index in [0.717, 1.165) is 5.56 Å². The molecule has 0 aromatic carbocycles. The van der Waals surface area contributed by atoms with Crippen molar-refractivity contribution in [1.29, 1.82) is 0 Å². The summed E-state index contributed by atoms with van der Waals surface area (Å²) in [6.45, 7) is 4.73. The Hall–Kier alpha value is -2.77. The molecule has 1 fully saturated rings. The van der Waals surface area contributed by atoms with E-state index in [1.54, 1.807) is 29.1 Å². The van der Waals surface area contributed by atoms with Gasteiger partial charge in [-0.1, -0.05) is 11.2 Å². The highest BCUT2D eigenvalue weighted by Gasteiger charge is 2.32. The number of pyridine rings is 1. The SMILES string of the molecule is CC(=O)N1CCN(C(=O)Cc2cccnc2)CCC1c1nc(C)no1. The average Bonchev–Trinajstić information content (AvgIpc) is 2.89. The van der Waals surface area contributed by atoms with Gasteiger partial charge in [0.25, 0.3) is 0 Å². The van der Waals surface area contributed by atoms with Gasteiger partial charge in [0.05, 0.1) is 6.42 Å². The second-order valence-corrected chi connectivity index (χ2v) is 6.12. The van der Waals surface area contributed by atoms with Crippen molar-refractivity contribution in [2.45, 2.75) is 32.7 Å². The standard InChI is InChI=1S/C17H21N5O3/c1-12-19-17(25-20-12)15-5-7-21(8-9-22(15)13(2)23)16(24)10-14-4-3-6-18-11-14/h3-4,6,11,15H,5,7-10H2,1-2H3. The zero-order valence-electron chi connectivity index (χ0n) is 14.4. The van der Waals surface area contributed by atoms with E-state index in [1.165, 1.54) is 6.92 Å². The lowest BCUT2D eigenvalue weighted by Gasteiger charge is -2.25. The Morgan fingerprint density at radius 3 is 2.80 bits per heavy atom. The Morgan fingerprint density at radius 1 is 1.32 bits per heavy atom. The summed E-state index contributed by atoms with van der Waals surface area (Å²) in [5.41, 5.74) is 0.879. The average molecular weight is 343 g/mol. The molecule has 2 aromatic heterocycles. The van der Waals surface area contributed by atoms with E-state index >= 15 is 0 Å². The van der Waals surface area contributed by atoms with E-state index in [4.69, 9.17) is 4.52 Å². The first-order valence-corrected chi connectivity index (χ1v) is 8.28. The van der Waals surface area contributed by atoms with Crippen molar-refractivity contribution >= 4 is 11.8 Å². The summed E-state index contributed by atoms with van der Waals surface area (Å²) in [7, 11) is 0. The quantitative estimate of drug-likeness (QED) is 0.830. The van der Waals surface area contributed by atoms with Gasteiger partial charge in [-0.3, -0.25) is 14.6 Å². The zero-order valence-corrected chi connectivity index (χ0v) is 14.4. The molecule has 0 spiro atoms. The molecule has 1 aliphatic rings. The smallest absolute Gasteiger partial charge is 0.249 e. The van der Waals surface area contributed by atoms with Crippen molar-refractivity contribution < 1.29 is 14.1 Å². The number of hydrogen-bond donors (Lipinski definition) is 0. The monoisotopic (exact) mass is 343 g/mol. The Bertz CT molecular complexity index is 746. The maximum absolute atomic E-state index is 12.6. The molecule has 3 heterocycles. The number of amides is 2. The van der Waals surface area contributed by atoms with Gasteiger partial charge in [0.1, 0.15) is 6.04 Å². The Labute approximate surface area is 145 Å². The molecule has 0 bridgehead atoms. The van der Waals surface area contributed by atoms with E-state index < -0.39 is 0 Å². The molecule has 25 heavy (non-hydrogen) atoms. The van der Waals surface area contributed by atoms with Crippen molar-refractivity contribution in [2.24, 2.45) is 0 Å². The topological polar surface area (TPSA) is 92.4 Å². The number of hydrogen-bond acceptors (Lipinski definition) is 6. The summed E-state index contributed by atoms with van der Waals surface area (Å²) in [5, 5.41) is 3.81. The summed E-state index contributed by atoms with van der Waals surface area (Å²) in [6.07, 6.45) is 4.25. The van der Waals surface area contributed by atoms with Crippen LogP contribution in [0.3, 0.4) is 0 Å². The summed E-state index contributed by atoms with van der Waals surface area (Å²) < 4.78 is 5.26. The first kappa shape index (κ1) is 17.1. The van der Waals surface area contributed by atoms with Gasteiger partial charge in [0.15, 0.2) is 5.82 Å². The predicted molar refractivity (Wildman–Crippen MR) is 88.3 cm³/mol. The third kappa shape index (κ3) is 4.01. The third-order valence-corrected chi connectivity index (χ3v) is 4.32. The lowest BCUT2D eigenvalue weighted by atomic mass is 10.1. The van der Waals surface area contributed by atoms with Crippen molar-refractivity contribution in [3.8, 4) is 0 Å². The summed E-state index contributed by atoms with van der Waals surface area (Å²) in [5.74, 6) is 0.919. The lowest BCUT2D eigenvalue weighted by Crippen LogP contribution is -2.38. The molecule has 2 amide bonds. The highest BCUT2D eigenvalue weighted by atomic mass is 16.5.